The molecule has 2 heteroatoms. The fraction of sp³-hybridized carbons (Fsp3) is 0.667. The third kappa shape index (κ3) is 5.32. The second-order valence-electron chi connectivity index (χ2n) is 1.41. The van der Waals surface area contributed by atoms with Crippen molar-refractivity contribution in [1.29, 1.82) is 0 Å². The maximum Gasteiger partial charge on any atom is 0.0232 e. The normalized spacial score (nSPS) is 7.25. The lowest BCUT2D eigenvalue weighted by Crippen LogP contribution is -2.06. The fourth-order valence-corrected chi connectivity index (χ4v) is 0.338. The van der Waals surface area contributed by atoms with Gasteiger partial charge in [0.2, 0.25) is 0 Å². The molecule has 0 spiro atoms. The summed E-state index contributed by atoms with van der Waals surface area (Å²) >= 11 is 0. The third-order valence-electron chi connectivity index (χ3n) is 0.713. The van der Waals surface area contributed by atoms with Gasteiger partial charge in [-0.05, 0) is 7.05 Å². The summed E-state index contributed by atoms with van der Waals surface area (Å²) in [5, 5.41) is 5.73. The molecular weight excluding hydrogens is 100 g/mol. The lowest BCUT2D eigenvalue weighted by molar-refractivity contribution is 0.817. The van der Waals surface area contributed by atoms with Gasteiger partial charge in [-0.1, -0.05) is 5.92 Å². The van der Waals surface area contributed by atoms with Gasteiger partial charge < -0.3 is 10.6 Å². The van der Waals surface area contributed by atoms with Crippen molar-refractivity contribution in [3.8, 4) is 12.0 Å². The van der Waals surface area contributed by atoms with Crippen molar-refractivity contribution in [3.63, 3.8) is 0 Å². The molecule has 0 amide bonds. The maximum atomic E-state index is 3.00. The molecule has 0 fully saturated rings. The molecule has 0 aliphatic heterocycles. The summed E-state index contributed by atoms with van der Waals surface area (Å²) < 4.78 is 0. The Labute approximate surface area is 50.7 Å². The molecule has 0 aromatic rings. The topological polar surface area (TPSA) is 24.1 Å². The van der Waals surface area contributed by atoms with Crippen molar-refractivity contribution in [1.82, 2.24) is 10.6 Å². The molecular formula is C6H12N2. The van der Waals surface area contributed by atoms with Gasteiger partial charge in [-0.15, -0.1) is 0 Å². The molecule has 0 aromatic heterocycles. The first-order chi connectivity index (χ1) is 3.91. The first-order valence-electron chi connectivity index (χ1n) is 2.71. The standard InChI is InChI=1S/C6H12N2/c1-7-5-3-4-6-8-2/h7-8H,3,5H2,1-2H3. The Hall–Kier alpha value is -0.680. The van der Waals surface area contributed by atoms with Crippen molar-refractivity contribution in [3.05, 3.63) is 0 Å². The average Bonchev–Trinajstić information content (AvgIpc) is 1.81. The minimum Gasteiger partial charge on any atom is -0.349 e. The number of rotatable bonds is 2. The zero-order chi connectivity index (χ0) is 6.24. The van der Waals surface area contributed by atoms with Crippen LogP contribution < -0.4 is 10.6 Å². The molecule has 0 saturated carbocycles. The maximum absolute atomic E-state index is 3.00. The largest absolute Gasteiger partial charge is 0.349 e. The van der Waals surface area contributed by atoms with E-state index in [1.165, 1.54) is 0 Å². The van der Waals surface area contributed by atoms with Crippen LogP contribution in [0.15, 0.2) is 0 Å². The molecule has 2 nitrogen and oxygen atoms in total. The summed E-state index contributed by atoms with van der Waals surface area (Å²) in [6.45, 7) is 0.967. The Morgan fingerprint density at radius 3 is 2.62 bits per heavy atom. The molecule has 0 heterocycles. The Balaban J connectivity index is 2.90. The highest BCUT2D eigenvalue weighted by atomic mass is 14.8. The van der Waals surface area contributed by atoms with E-state index in [0.717, 1.165) is 13.0 Å². The second-order valence-corrected chi connectivity index (χ2v) is 1.41. The summed E-state index contributed by atoms with van der Waals surface area (Å²) in [6, 6.07) is 2.74. The molecule has 0 aliphatic rings. The number of hydrogen-bond donors (Lipinski definition) is 2. The van der Waals surface area contributed by atoms with Crippen LogP contribution in [-0.2, 0) is 0 Å². The first-order valence-corrected chi connectivity index (χ1v) is 2.71. The van der Waals surface area contributed by atoms with Crippen LogP contribution in [-0.4, -0.2) is 20.6 Å². The lowest BCUT2D eigenvalue weighted by Gasteiger charge is -1.86. The predicted molar refractivity (Wildman–Crippen MR) is 35.4 cm³/mol. The van der Waals surface area contributed by atoms with Gasteiger partial charge in [-0.2, -0.15) is 0 Å². The molecule has 46 valence electrons. The van der Waals surface area contributed by atoms with Crippen molar-refractivity contribution < 1.29 is 0 Å². The molecule has 0 aromatic carbocycles. The van der Waals surface area contributed by atoms with E-state index in [1.807, 2.05) is 14.1 Å². The van der Waals surface area contributed by atoms with Crippen LogP contribution in [0.5, 0.6) is 0 Å². The minimum atomic E-state index is 0.914. The van der Waals surface area contributed by atoms with Crippen molar-refractivity contribution in [2.45, 2.75) is 6.42 Å². The van der Waals surface area contributed by atoms with E-state index in [1.54, 1.807) is 0 Å². The van der Waals surface area contributed by atoms with Gasteiger partial charge in [-0.25, -0.2) is 0 Å². The quantitative estimate of drug-likeness (QED) is 0.293. The van der Waals surface area contributed by atoms with E-state index in [2.05, 4.69) is 22.6 Å². The van der Waals surface area contributed by atoms with Crippen LogP contribution in [0, 0.1) is 12.0 Å². The van der Waals surface area contributed by atoms with Crippen LogP contribution in [0.1, 0.15) is 6.42 Å². The summed E-state index contributed by atoms with van der Waals surface area (Å²) in [5.74, 6) is 2.91. The van der Waals surface area contributed by atoms with Crippen molar-refractivity contribution >= 4 is 0 Å². The molecule has 0 radical (unpaired) electrons. The summed E-state index contributed by atoms with van der Waals surface area (Å²) in [6.07, 6.45) is 0.914. The molecule has 0 bridgehead atoms. The minimum absolute atomic E-state index is 0.914. The molecule has 0 atom stereocenters. The zero-order valence-electron chi connectivity index (χ0n) is 5.41. The zero-order valence-corrected chi connectivity index (χ0v) is 5.41. The Morgan fingerprint density at radius 1 is 1.38 bits per heavy atom. The molecule has 0 unspecified atom stereocenters. The highest BCUT2D eigenvalue weighted by Crippen LogP contribution is 1.65. The van der Waals surface area contributed by atoms with E-state index >= 15 is 0 Å². The van der Waals surface area contributed by atoms with E-state index in [4.69, 9.17) is 0 Å². The SMILES string of the molecule is CNC#CCCNC. The Morgan fingerprint density at radius 2 is 2.12 bits per heavy atom. The third-order valence-corrected chi connectivity index (χ3v) is 0.713. The number of hydrogen-bond acceptors (Lipinski definition) is 2. The predicted octanol–water partition coefficient (Wildman–Crippen LogP) is -0.224. The van der Waals surface area contributed by atoms with Gasteiger partial charge >= 0.3 is 0 Å². The molecule has 8 heavy (non-hydrogen) atoms. The van der Waals surface area contributed by atoms with Gasteiger partial charge in [0.05, 0.1) is 0 Å². The molecule has 0 aliphatic carbocycles. The van der Waals surface area contributed by atoms with Gasteiger partial charge in [0, 0.05) is 26.1 Å². The smallest absolute Gasteiger partial charge is 0.0232 e. The van der Waals surface area contributed by atoms with Crippen LogP contribution in [0.25, 0.3) is 0 Å². The van der Waals surface area contributed by atoms with Crippen LogP contribution in [0.2, 0.25) is 0 Å². The van der Waals surface area contributed by atoms with Crippen LogP contribution in [0.4, 0.5) is 0 Å². The lowest BCUT2D eigenvalue weighted by atomic mass is 10.4. The summed E-state index contributed by atoms with van der Waals surface area (Å²) in [5.41, 5.74) is 0. The van der Waals surface area contributed by atoms with Crippen molar-refractivity contribution in [2.24, 2.45) is 0 Å². The first kappa shape index (κ1) is 7.32. The van der Waals surface area contributed by atoms with Gasteiger partial charge in [0.15, 0.2) is 0 Å². The Kier molecular flexibility index (Phi) is 5.78. The van der Waals surface area contributed by atoms with Crippen LogP contribution >= 0.6 is 0 Å². The molecule has 2 N–H and O–H groups in total. The second kappa shape index (κ2) is 6.32. The fourth-order valence-electron chi connectivity index (χ4n) is 0.338. The van der Waals surface area contributed by atoms with Gasteiger partial charge in [-0.3, -0.25) is 0 Å². The molecule has 0 saturated heterocycles. The van der Waals surface area contributed by atoms with E-state index in [-0.39, 0.29) is 0 Å². The van der Waals surface area contributed by atoms with Crippen LogP contribution in [0.3, 0.4) is 0 Å². The molecule has 0 rings (SSSR count). The van der Waals surface area contributed by atoms with E-state index in [9.17, 15) is 0 Å². The van der Waals surface area contributed by atoms with Crippen molar-refractivity contribution in [2.75, 3.05) is 20.6 Å². The Bertz CT molecular complexity index is 88.4. The summed E-state index contributed by atoms with van der Waals surface area (Å²) in [7, 11) is 3.73. The van der Waals surface area contributed by atoms with E-state index < -0.39 is 0 Å². The summed E-state index contributed by atoms with van der Waals surface area (Å²) in [4.78, 5) is 0. The van der Waals surface area contributed by atoms with E-state index in [0.29, 0.717) is 0 Å². The van der Waals surface area contributed by atoms with Gasteiger partial charge in [0.1, 0.15) is 0 Å². The number of nitrogens with one attached hydrogen (secondary N) is 2. The average molecular weight is 112 g/mol. The monoisotopic (exact) mass is 112 g/mol. The van der Waals surface area contributed by atoms with Gasteiger partial charge in [0.25, 0.3) is 0 Å². The highest BCUT2D eigenvalue weighted by molar-refractivity contribution is 4.95. The highest BCUT2D eigenvalue weighted by Gasteiger charge is 1.71.